The van der Waals surface area contributed by atoms with Crippen molar-refractivity contribution in [3.05, 3.63) is 39.1 Å². The van der Waals surface area contributed by atoms with Crippen molar-refractivity contribution in [3.63, 3.8) is 0 Å². The maximum atomic E-state index is 13.3. The number of ether oxygens (including phenoxy) is 1. The van der Waals surface area contributed by atoms with Crippen LogP contribution in [-0.4, -0.2) is 23.2 Å². The normalized spacial score (nSPS) is 12.0. The summed E-state index contributed by atoms with van der Waals surface area (Å²) < 4.78 is 18.6. The van der Waals surface area contributed by atoms with Crippen molar-refractivity contribution in [1.82, 2.24) is 15.5 Å². The Balaban J connectivity index is 2.17. The van der Waals surface area contributed by atoms with Gasteiger partial charge < -0.3 is 10.1 Å². The van der Waals surface area contributed by atoms with E-state index in [2.05, 4.69) is 15.5 Å². The first-order valence-electron chi connectivity index (χ1n) is 5.64. The number of halogens is 2. The van der Waals surface area contributed by atoms with Crippen LogP contribution in [0.25, 0.3) is 0 Å². The molecule has 0 spiro atoms. The van der Waals surface area contributed by atoms with E-state index in [1.165, 1.54) is 25.3 Å². The molecule has 1 N–H and O–H groups in total. The van der Waals surface area contributed by atoms with Crippen molar-refractivity contribution < 1.29 is 13.9 Å². The number of aromatic nitrogens is 2. The molecule has 0 aliphatic rings. The zero-order valence-electron chi connectivity index (χ0n) is 10.7. The number of carbonyl (C=O) groups excluding carboxylic acids is 1. The number of methoxy groups -OCH3 is 1. The molecular weight excluding hydrogens is 305 g/mol. The molecule has 2 aromatic rings. The van der Waals surface area contributed by atoms with Crippen LogP contribution in [0.1, 0.15) is 28.3 Å². The van der Waals surface area contributed by atoms with E-state index in [1.807, 2.05) is 0 Å². The van der Waals surface area contributed by atoms with E-state index in [0.29, 0.717) is 11.3 Å². The minimum atomic E-state index is -0.448. The molecule has 0 saturated carbocycles. The molecule has 1 aromatic carbocycles. The van der Waals surface area contributed by atoms with Crippen LogP contribution in [0.2, 0.25) is 4.47 Å². The average Bonchev–Trinajstić information content (AvgIpc) is 2.85. The maximum absolute atomic E-state index is 13.3. The predicted octanol–water partition coefficient (Wildman–Crippen LogP) is 2.83. The summed E-state index contributed by atoms with van der Waals surface area (Å²) in [6.45, 7) is 1.72. The lowest BCUT2D eigenvalue weighted by molar-refractivity contribution is 0.0938. The van der Waals surface area contributed by atoms with E-state index >= 15 is 0 Å². The van der Waals surface area contributed by atoms with Crippen LogP contribution in [0.15, 0.2) is 18.2 Å². The summed E-state index contributed by atoms with van der Waals surface area (Å²) >= 11 is 6.59. The van der Waals surface area contributed by atoms with E-state index in [4.69, 9.17) is 16.3 Å². The molecule has 1 heterocycles. The van der Waals surface area contributed by atoms with Crippen LogP contribution in [0.4, 0.5) is 4.39 Å². The van der Waals surface area contributed by atoms with Gasteiger partial charge in [0.05, 0.1) is 13.2 Å². The average molecular weight is 316 g/mol. The molecule has 2 rings (SSSR count). The summed E-state index contributed by atoms with van der Waals surface area (Å²) in [7, 11) is 1.48. The van der Waals surface area contributed by atoms with E-state index < -0.39 is 17.8 Å². The van der Waals surface area contributed by atoms with E-state index in [1.54, 1.807) is 6.92 Å². The molecule has 1 aromatic heterocycles. The monoisotopic (exact) mass is 315 g/mol. The fourth-order valence-electron chi connectivity index (χ4n) is 1.68. The fourth-order valence-corrected chi connectivity index (χ4v) is 2.41. The largest absolute Gasteiger partial charge is 0.496 e. The summed E-state index contributed by atoms with van der Waals surface area (Å²) in [4.78, 5) is 11.9. The van der Waals surface area contributed by atoms with Crippen molar-refractivity contribution in [2.75, 3.05) is 7.11 Å². The van der Waals surface area contributed by atoms with Crippen molar-refractivity contribution >= 4 is 28.8 Å². The third kappa shape index (κ3) is 3.23. The van der Waals surface area contributed by atoms with Gasteiger partial charge in [0.2, 0.25) is 9.47 Å². The standard InChI is InChI=1S/C12H11ClFN3O2S/c1-6(8-5-7(14)3-4-9(8)19-2)15-10(18)11-16-17-12(13)20-11/h3-6H,1-2H3,(H,15,18). The zero-order valence-corrected chi connectivity index (χ0v) is 12.3. The molecule has 0 saturated heterocycles. The Labute approximate surface area is 123 Å². The molecule has 0 radical (unpaired) electrons. The van der Waals surface area contributed by atoms with Gasteiger partial charge in [-0.05, 0) is 36.7 Å². The Hall–Kier alpha value is -1.73. The molecule has 0 aliphatic heterocycles. The van der Waals surface area contributed by atoms with Crippen LogP contribution >= 0.6 is 22.9 Å². The number of nitrogens with one attached hydrogen (secondary N) is 1. The van der Waals surface area contributed by atoms with Gasteiger partial charge in [-0.1, -0.05) is 11.3 Å². The van der Waals surface area contributed by atoms with E-state index in [9.17, 15) is 9.18 Å². The fraction of sp³-hybridized carbons (Fsp3) is 0.250. The second kappa shape index (κ2) is 6.15. The lowest BCUT2D eigenvalue weighted by Crippen LogP contribution is -2.27. The van der Waals surface area contributed by atoms with Gasteiger partial charge in [-0.25, -0.2) is 4.39 Å². The molecule has 5 nitrogen and oxygen atoms in total. The van der Waals surface area contributed by atoms with Gasteiger partial charge in [-0.2, -0.15) is 0 Å². The number of carbonyl (C=O) groups is 1. The van der Waals surface area contributed by atoms with Gasteiger partial charge in [-0.15, -0.1) is 10.2 Å². The van der Waals surface area contributed by atoms with Crippen molar-refractivity contribution in [1.29, 1.82) is 0 Å². The molecule has 0 bridgehead atoms. The van der Waals surface area contributed by atoms with Crippen LogP contribution in [0.3, 0.4) is 0 Å². The molecule has 8 heteroatoms. The third-order valence-corrected chi connectivity index (χ3v) is 3.62. The highest BCUT2D eigenvalue weighted by molar-refractivity contribution is 7.17. The Morgan fingerprint density at radius 1 is 1.50 bits per heavy atom. The highest BCUT2D eigenvalue weighted by Crippen LogP contribution is 2.26. The number of benzene rings is 1. The van der Waals surface area contributed by atoms with Crippen LogP contribution in [0, 0.1) is 5.82 Å². The van der Waals surface area contributed by atoms with Crippen LogP contribution < -0.4 is 10.1 Å². The second-order valence-corrected chi connectivity index (χ2v) is 5.50. The van der Waals surface area contributed by atoms with Gasteiger partial charge >= 0.3 is 0 Å². The van der Waals surface area contributed by atoms with Crippen molar-refractivity contribution in [3.8, 4) is 5.75 Å². The first-order chi connectivity index (χ1) is 9.51. The highest BCUT2D eigenvalue weighted by Gasteiger charge is 2.18. The van der Waals surface area contributed by atoms with E-state index in [0.717, 1.165) is 11.3 Å². The van der Waals surface area contributed by atoms with Gasteiger partial charge in [0, 0.05) is 5.56 Å². The smallest absolute Gasteiger partial charge is 0.282 e. The van der Waals surface area contributed by atoms with Crippen molar-refractivity contribution in [2.45, 2.75) is 13.0 Å². The second-order valence-electron chi connectivity index (χ2n) is 3.94. The number of hydrogen-bond donors (Lipinski definition) is 1. The van der Waals surface area contributed by atoms with E-state index in [-0.39, 0.29) is 9.47 Å². The van der Waals surface area contributed by atoms with Crippen LogP contribution in [-0.2, 0) is 0 Å². The Kier molecular flexibility index (Phi) is 4.51. The highest BCUT2D eigenvalue weighted by atomic mass is 35.5. The SMILES string of the molecule is COc1ccc(F)cc1C(C)NC(=O)c1nnc(Cl)s1. The van der Waals surface area contributed by atoms with Gasteiger partial charge in [0.15, 0.2) is 0 Å². The van der Waals surface area contributed by atoms with Crippen molar-refractivity contribution in [2.24, 2.45) is 0 Å². The molecule has 106 valence electrons. The Bertz CT molecular complexity index is 635. The topological polar surface area (TPSA) is 64.1 Å². The summed E-state index contributed by atoms with van der Waals surface area (Å²) in [5.41, 5.74) is 0.538. The quantitative estimate of drug-likeness (QED) is 0.942. The lowest BCUT2D eigenvalue weighted by atomic mass is 10.1. The molecule has 0 fully saturated rings. The maximum Gasteiger partial charge on any atom is 0.282 e. The summed E-state index contributed by atoms with van der Waals surface area (Å²) in [5.74, 6) is -0.330. The molecule has 1 unspecified atom stereocenters. The third-order valence-electron chi connectivity index (χ3n) is 2.60. The first-order valence-corrected chi connectivity index (χ1v) is 6.84. The molecule has 20 heavy (non-hydrogen) atoms. The van der Waals surface area contributed by atoms with Crippen LogP contribution in [0.5, 0.6) is 5.75 Å². The summed E-state index contributed by atoms with van der Waals surface area (Å²) in [6, 6.07) is 3.67. The van der Waals surface area contributed by atoms with Gasteiger partial charge in [0.25, 0.3) is 5.91 Å². The zero-order chi connectivity index (χ0) is 14.7. The minimum absolute atomic E-state index is 0.150. The molecule has 1 amide bonds. The number of nitrogens with zero attached hydrogens (tertiary/aromatic N) is 2. The summed E-state index contributed by atoms with van der Waals surface area (Å²) in [5, 5.41) is 10.0. The molecular formula is C12H11ClFN3O2S. The predicted molar refractivity (Wildman–Crippen MR) is 73.8 cm³/mol. The van der Waals surface area contributed by atoms with Gasteiger partial charge in [0.1, 0.15) is 11.6 Å². The number of amides is 1. The minimum Gasteiger partial charge on any atom is -0.496 e. The lowest BCUT2D eigenvalue weighted by Gasteiger charge is -2.16. The first kappa shape index (κ1) is 14.7. The number of hydrogen-bond acceptors (Lipinski definition) is 5. The Morgan fingerprint density at radius 3 is 2.85 bits per heavy atom. The number of rotatable bonds is 4. The van der Waals surface area contributed by atoms with Gasteiger partial charge in [-0.3, -0.25) is 4.79 Å². The summed E-state index contributed by atoms with van der Waals surface area (Å²) in [6.07, 6.45) is 0. The molecule has 1 atom stereocenters. The Morgan fingerprint density at radius 2 is 2.25 bits per heavy atom. The molecule has 0 aliphatic carbocycles.